The third kappa shape index (κ3) is 32.5. The number of carbonyl (C=O) groups excluding carboxylic acids is 2. The van der Waals surface area contributed by atoms with Gasteiger partial charge in [-0.05, 0) is 44.9 Å². The number of aliphatic hydroxyl groups is 1. The van der Waals surface area contributed by atoms with Crippen LogP contribution in [0, 0.1) is 0 Å². The van der Waals surface area contributed by atoms with Gasteiger partial charge in [-0.2, -0.15) is 0 Å². The number of unbranched alkanes of at least 4 members (excludes halogenated alkanes) is 21. The smallest absolute Gasteiger partial charge is 0.306 e. The Morgan fingerprint density at radius 2 is 1.04 bits per heavy atom. The average Bonchev–Trinajstić information content (AvgIpc) is 3.89. The maximum Gasteiger partial charge on any atom is 0.306 e. The molecule has 1 aliphatic rings. The summed E-state index contributed by atoms with van der Waals surface area (Å²) in [6.07, 6.45) is 48.2. The van der Waals surface area contributed by atoms with Gasteiger partial charge in [0.1, 0.15) is 6.61 Å². The summed E-state index contributed by atoms with van der Waals surface area (Å²) in [5, 5.41) is 9.57. The van der Waals surface area contributed by atoms with Gasteiger partial charge in [0, 0.05) is 12.8 Å². The molecule has 0 aliphatic carbocycles. The zero-order chi connectivity index (χ0) is 36.9. The summed E-state index contributed by atoms with van der Waals surface area (Å²) >= 11 is 0. The zero-order valence-electron chi connectivity index (χ0n) is 33.3. The van der Waals surface area contributed by atoms with Crippen molar-refractivity contribution in [2.75, 3.05) is 13.2 Å². The van der Waals surface area contributed by atoms with Crippen molar-refractivity contribution in [3.05, 3.63) is 36.5 Å². The Labute approximate surface area is 314 Å². The molecule has 2 unspecified atom stereocenters. The van der Waals surface area contributed by atoms with Crippen molar-refractivity contribution < 1.29 is 28.9 Å². The SMILES string of the molecule is CCCCCCCCCCCCCCCCCCCCCC(=O)O[C@@H](CO)COC(=O)CCC/C=C\C/C=C\C/C=C\CC1OC1CCCCC. The van der Waals surface area contributed by atoms with E-state index >= 15 is 0 Å². The first-order valence-corrected chi connectivity index (χ1v) is 21.7. The predicted octanol–water partition coefficient (Wildman–Crippen LogP) is 12.6. The molecule has 1 N–H and O–H groups in total. The van der Waals surface area contributed by atoms with E-state index in [1.54, 1.807) is 0 Å². The maximum absolute atomic E-state index is 12.2. The van der Waals surface area contributed by atoms with E-state index in [0.717, 1.165) is 44.9 Å². The second-order valence-electron chi connectivity index (χ2n) is 14.8. The van der Waals surface area contributed by atoms with Gasteiger partial charge in [-0.25, -0.2) is 0 Å². The van der Waals surface area contributed by atoms with Crippen LogP contribution in [-0.2, 0) is 23.8 Å². The molecule has 51 heavy (non-hydrogen) atoms. The van der Waals surface area contributed by atoms with E-state index in [-0.39, 0.29) is 25.2 Å². The van der Waals surface area contributed by atoms with Gasteiger partial charge in [0.25, 0.3) is 0 Å². The summed E-state index contributed by atoms with van der Waals surface area (Å²) in [6, 6.07) is 0. The molecule has 0 aromatic rings. The van der Waals surface area contributed by atoms with Gasteiger partial charge in [0.2, 0.25) is 0 Å². The van der Waals surface area contributed by atoms with Crippen LogP contribution in [0.3, 0.4) is 0 Å². The van der Waals surface area contributed by atoms with Crippen molar-refractivity contribution >= 4 is 11.9 Å². The molecule has 6 nitrogen and oxygen atoms in total. The molecule has 0 spiro atoms. The van der Waals surface area contributed by atoms with Crippen molar-refractivity contribution in [2.45, 2.75) is 225 Å². The minimum atomic E-state index is -0.794. The topological polar surface area (TPSA) is 85.4 Å². The van der Waals surface area contributed by atoms with Crippen molar-refractivity contribution in [2.24, 2.45) is 0 Å². The maximum atomic E-state index is 12.2. The van der Waals surface area contributed by atoms with Crippen LogP contribution in [0.25, 0.3) is 0 Å². The summed E-state index contributed by atoms with van der Waals surface area (Å²) in [5.41, 5.74) is 0. The lowest BCUT2D eigenvalue weighted by molar-refractivity contribution is -0.161. The highest BCUT2D eigenvalue weighted by atomic mass is 16.6. The van der Waals surface area contributed by atoms with Crippen LogP contribution < -0.4 is 0 Å². The van der Waals surface area contributed by atoms with Gasteiger partial charge in [0.05, 0.1) is 18.8 Å². The monoisotopic (exact) mass is 717 g/mol. The lowest BCUT2D eigenvalue weighted by Crippen LogP contribution is -2.28. The molecule has 0 amide bonds. The van der Waals surface area contributed by atoms with Gasteiger partial charge in [0.15, 0.2) is 6.10 Å². The molecular weight excluding hydrogens is 636 g/mol. The van der Waals surface area contributed by atoms with Crippen LogP contribution in [0.5, 0.6) is 0 Å². The first-order chi connectivity index (χ1) is 25.1. The lowest BCUT2D eigenvalue weighted by atomic mass is 10.0. The number of hydrogen-bond donors (Lipinski definition) is 1. The van der Waals surface area contributed by atoms with E-state index in [0.29, 0.717) is 31.5 Å². The third-order valence-electron chi connectivity index (χ3n) is 9.86. The number of esters is 2. The highest BCUT2D eigenvalue weighted by molar-refractivity contribution is 5.70. The Hall–Kier alpha value is -1.92. The number of hydrogen-bond acceptors (Lipinski definition) is 6. The standard InChI is InChI=1S/C45H80O6/c1-3-5-7-8-9-10-11-12-13-14-15-16-17-18-19-24-27-30-34-38-45(48)50-41(39-46)40-49-44(47)37-33-29-26-23-21-20-22-25-28-32-36-43-42(51-43)35-31-6-4-2/h20,22-23,26,28,32,41-43,46H,3-19,21,24-25,27,29-31,33-40H2,1-2H3/b22-20-,26-23-,32-28-/t41-,42?,43?/m0/s1. The third-order valence-corrected chi connectivity index (χ3v) is 9.86. The molecule has 6 heteroatoms. The molecule has 0 aromatic carbocycles. The van der Waals surface area contributed by atoms with Crippen LogP contribution in [0.4, 0.5) is 0 Å². The first-order valence-electron chi connectivity index (χ1n) is 21.7. The minimum absolute atomic E-state index is 0.0947. The Bertz CT molecular complexity index is 880. The second kappa shape index (κ2) is 36.4. The highest BCUT2D eigenvalue weighted by Gasteiger charge is 2.36. The fourth-order valence-corrected chi connectivity index (χ4v) is 6.47. The van der Waals surface area contributed by atoms with Crippen molar-refractivity contribution in [1.29, 1.82) is 0 Å². The molecule has 0 saturated carbocycles. The summed E-state index contributed by atoms with van der Waals surface area (Å²) in [7, 11) is 0. The molecule has 1 saturated heterocycles. The van der Waals surface area contributed by atoms with Crippen LogP contribution in [0.1, 0.15) is 206 Å². The highest BCUT2D eigenvalue weighted by Crippen LogP contribution is 2.30. The lowest BCUT2D eigenvalue weighted by Gasteiger charge is -2.15. The molecule has 1 aliphatic heterocycles. The molecule has 0 bridgehead atoms. The van der Waals surface area contributed by atoms with E-state index in [2.05, 4.69) is 50.3 Å². The van der Waals surface area contributed by atoms with E-state index in [1.165, 1.54) is 128 Å². The van der Waals surface area contributed by atoms with Crippen molar-refractivity contribution in [3.8, 4) is 0 Å². The number of rotatable bonds is 38. The van der Waals surface area contributed by atoms with E-state index in [9.17, 15) is 14.7 Å². The molecule has 1 heterocycles. The van der Waals surface area contributed by atoms with E-state index in [4.69, 9.17) is 14.2 Å². The Kier molecular flexibility index (Phi) is 33.7. The largest absolute Gasteiger partial charge is 0.462 e. The zero-order valence-corrected chi connectivity index (χ0v) is 33.3. The fourth-order valence-electron chi connectivity index (χ4n) is 6.47. The number of carbonyl (C=O) groups is 2. The van der Waals surface area contributed by atoms with Crippen LogP contribution >= 0.6 is 0 Å². The molecule has 1 rings (SSSR count). The molecule has 0 radical (unpaired) electrons. The number of aliphatic hydroxyl groups excluding tert-OH is 1. The number of ether oxygens (including phenoxy) is 3. The quantitative estimate of drug-likeness (QED) is 0.0296. The van der Waals surface area contributed by atoms with Gasteiger partial charge in [-0.15, -0.1) is 0 Å². The Morgan fingerprint density at radius 1 is 0.569 bits per heavy atom. The van der Waals surface area contributed by atoms with E-state index in [1.807, 2.05) is 0 Å². The number of allylic oxidation sites excluding steroid dienone is 5. The molecule has 296 valence electrons. The summed E-state index contributed by atoms with van der Waals surface area (Å²) in [4.78, 5) is 24.3. The van der Waals surface area contributed by atoms with Gasteiger partial charge < -0.3 is 19.3 Å². The minimum Gasteiger partial charge on any atom is -0.462 e. The second-order valence-corrected chi connectivity index (χ2v) is 14.8. The number of epoxide rings is 1. The molecule has 1 fully saturated rings. The predicted molar refractivity (Wildman–Crippen MR) is 214 cm³/mol. The summed E-state index contributed by atoms with van der Waals surface area (Å²) in [6.45, 7) is 4.07. The Morgan fingerprint density at radius 3 is 1.59 bits per heavy atom. The normalized spacial score (nSPS) is 16.5. The molecule has 3 atom stereocenters. The van der Waals surface area contributed by atoms with Crippen LogP contribution in [0.2, 0.25) is 0 Å². The van der Waals surface area contributed by atoms with Crippen LogP contribution in [0.15, 0.2) is 36.5 Å². The molecule has 0 aromatic heterocycles. The van der Waals surface area contributed by atoms with Gasteiger partial charge >= 0.3 is 11.9 Å². The van der Waals surface area contributed by atoms with Gasteiger partial charge in [-0.3, -0.25) is 9.59 Å². The summed E-state index contributed by atoms with van der Waals surface area (Å²) < 4.78 is 16.3. The summed E-state index contributed by atoms with van der Waals surface area (Å²) in [5.74, 6) is -0.654. The van der Waals surface area contributed by atoms with Crippen molar-refractivity contribution in [1.82, 2.24) is 0 Å². The van der Waals surface area contributed by atoms with Crippen molar-refractivity contribution in [3.63, 3.8) is 0 Å². The fraction of sp³-hybridized carbons (Fsp3) is 0.822. The van der Waals surface area contributed by atoms with E-state index < -0.39 is 6.10 Å². The van der Waals surface area contributed by atoms with Gasteiger partial charge in [-0.1, -0.05) is 185 Å². The average molecular weight is 717 g/mol. The van der Waals surface area contributed by atoms with Crippen LogP contribution in [-0.4, -0.2) is 48.6 Å². The molecular formula is C45H80O6. The first kappa shape index (κ1) is 47.1. The Balaban J connectivity index is 1.88.